The summed E-state index contributed by atoms with van der Waals surface area (Å²) in [6.07, 6.45) is 0.560. The molecule has 0 aromatic carbocycles. The summed E-state index contributed by atoms with van der Waals surface area (Å²) in [7, 11) is 0. The van der Waals surface area contributed by atoms with Gasteiger partial charge in [0, 0.05) is 12.1 Å². The van der Waals surface area contributed by atoms with Crippen LogP contribution in [0.1, 0.15) is 37.9 Å². The molecule has 0 bridgehead atoms. The van der Waals surface area contributed by atoms with Crippen molar-refractivity contribution in [2.24, 2.45) is 0 Å². The second kappa shape index (κ2) is 4.18. The van der Waals surface area contributed by atoms with E-state index < -0.39 is 0 Å². The summed E-state index contributed by atoms with van der Waals surface area (Å²) in [6, 6.07) is 3.19. The fraction of sp³-hybridized carbons (Fsp3) is 0.455. The van der Waals surface area contributed by atoms with Crippen LogP contribution in [0.25, 0.3) is 0 Å². The lowest BCUT2D eigenvalue weighted by Crippen LogP contribution is -2.22. The van der Waals surface area contributed by atoms with Gasteiger partial charge in [-0.1, -0.05) is 6.92 Å². The Labute approximate surface area is 88.4 Å². The summed E-state index contributed by atoms with van der Waals surface area (Å²) in [6.45, 7) is 5.41. The minimum atomic E-state index is -0.265. The summed E-state index contributed by atoms with van der Waals surface area (Å²) < 4.78 is 1.22. The smallest absolute Gasteiger partial charge is 0.253 e. The van der Waals surface area contributed by atoms with Crippen molar-refractivity contribution in [1.82, 2.24) is 4.57 Å². The third-order valence-electron chi connectivity index (χ3n) is 2.32. The van der Waals surface area contributed by atoms with Crippen LogP contribution in [-0.4, -0.2) is 9.67 Å². The van der Waals surface area contributed by atoms with Gasteiger partial charge in [0.25, 0.3) is 5.56 Å². The maximum Gasteiger partial charge on any atom is 0.253 e. The van der Waals surface area contributed by atoms with Crippen LogP contribution in [0.4, 0.5) is 0 Å². The number of aromatic nitrogens is 1. The van der Waals surface area contributed by atoms with Gasteiger partial charge in [0.2, 0.25) is 5.88 Å². The number of nitriles is 1. The molecule has 1 rings (SSSR count). The number of hydrogen-bond donors (Lipinski definition) is 1. The molecule has 0 amide bonds. The van der Waals surface area contributed by atoms with Crippen molar-refractivity contribution in [2.75, 3.05) is 0 Å². The molecule has 0 atom stereocenters. The molecule has 1 heterocycles. The van der Waals surface area contributed by atoms with E-state index in [0.717, 1.165) is 0 Å². The van der Waals surface area contributed by atoms with E-state index in [-0.39, 0.29) is 23.0 Å². The van der Waals surface area contributed by atoms with E-state index in [1.165, 1.54) is 10.6 Å². The molecule has 80 valence electrons. The van der Waals surface area contributed by atoms with Crippen LogP contribution >= 0.6 is 0 Å². The van der Waals surface area contributed by atoms with E-state index in [0.29, 0.717) is 12.0 Å². The fourth-order valence-corrected chi connectivity index (χ4v) is 1.56. The lowest BCUT2D eigenvalue weighted by atomic mass is 10.1. The van der Waals surface area contributed by atoms with Gasteiger partial charge in [-0.3, -0.25) is 9.36 Å². The Bertz CT molecular complexity index is 467. The van der Waals surface area contributed by atoms with Crippen LogP contribution in [-0.2, 0) is 6.42 Å². The van der Waals surface area contributed by atoms with Gasteiger partial charge < -0.3 is 5.11 Å². The quantitative estimate of drug-likeness (QED) is 0.798. The molecule has 0 spiro atoms. The molecule has 1 aromatic heterocycles. The number of hydrogen-bond acceptors (Lipinski definition) is 3. The van der Waals surface area contributed by atoms with Crippen LogP contribution in [0.3, 0.4) is 0 Å². The average molecular weight is 206 g/mol. The first kappa shape index (κ1) is 11.3. The first-order valence-electron chi connectivity index (χ1n) is 4.90. The molecule has 0 saturated carbocycles. The van der Waals surface area contributed by atoms with Crippen molar-refractivity contribution in [2.45, 2.75) is 33.2 Å². The van der Waals surface area contributed by atoms with E-state index in [2.05, 4.69) is 0 Å². The monoisotopic (exact) mass is 206 g/mol. The van der Waals surface area contributed by atoms with Crippen LogP contribution in [0.5, 0.6) is 5.88 Å². The maximum atomic E-state index is 11.6. The van der Waals surface area contributed by atoms with Gasteiger partial charge in [0.1, 0.15) is 11.6 Å². The molecule has 0 unspecified atom stereocenters. The van der Waals surface area contributed by atoms with Gasteiger partial charge in [0.15, 0.2) is 0 Å². The first-order valence-corrected chi connectivity index (χ1v) is 4.90. The molecule has 0 radical (unpaired) electrons. The van der Waals surface area contributed by atoms with Crippen LogP contribution in [0, 0.1) is 11.3 Å². The number of rotatable bonds is 2. The van der Waals surface area contributed by atoms with Gasteiger partial charge in [-0.2, -0.15) is 5.26 Å². The number of aryl methyl sites for hydroxylation is 1. The van der Waals surface area contributed by atoms with Crippen molar-refractivity contribution in [3.8, 4) is 11.9 Å². The summed E-state index contributed by atoms with van der Waals surface area (Å²) in [5.41, 5.74) is 0.529. The molecule has 4 nitrogen and oxygen atoms in total. The molecule has 0 aliphatic carbocycles. The van der Waals surface area contributed by atoms with E-state index in [4.69, 9.17) is 5.26 Å². The van der Waals surface area contributed by atoms with Crippen molar-refractivity contribution in [1.29, 1.82) is 5.26 Å². The van der Waals surface area contributed by atoms with Crippen LogP contribution in [0.2, 0.25) is 0 Å². The highest BCUT2D eigenvalue weighted by Gasteiger charge is 2.15. The number of nitrogens with zero attached hydrogens (tertiary/aromatic N) is 2. The van der Waals surface area contributed by atoms with Gasteiger partial charge in [-0.25, -0.2) is 0 Å². The van der Waals surface area contributed by atoms with Crippen LogP contribution < -0.4 is 5.56 Å². The molecule has 0 saturated heterocycles. The minimum Gasteiger partial charge on any atom is -0.493 e. The number of pyridine rings is 1. The largest absolute Gasteiger partial charge is 0.493 e. The van der Waals surface area contributed by atoms with E-state index in [1.54, 1.807) is 13.8 Å². The molecule has 0 aliphatic rings. The van der Waals surface area contributed by atoms with Crippen molar-refractivity contribution in [3.05, 3.63) is 27.5 Å². The lowest BCUT2D eigenvalue weighted by molar-refractivity contribution is 0.385. The molecule has 0 aliphatic heterocycles. The molecule has 0 fully saturated rings. The average Bonchev–Trinajstić information content (AvgIpc) is 2.16. The lowest BCUT2D eigenvalue weighted by Gasteiger charge is -2.14. The second-order valence-corrected chi connectivity index (χ2v) is 3.64. The third-order valence-corrected chi connectivity index (χ3v) is 2.32. The fourth-order valence-electron chi connectivity index (χ4n) is 1.56. The zero-order valence-corrected chi connectivity index (χ0v) is 9.11. The highest BCUT2D eigenvalue weighted by atomic mass is 16.3. The topological polar surface area (TPSA) is 66.0 Å². The Kier molecular flexibility index (Phi) is 3.15. The standard InChI is InChI=1S/C11H14N2O2/c1-4-8-5-10(14)13(7(2)3)11(15)9(8)6-12/h5,7,15H,4H2,1-3H3. The number of aromatic hydroxyl groups is 1. The summed E-state index contributed by atoms with van der Waals surface area (Å²) >= 11 is 0. The molecule has 1 N–H and O–H groups in total. The Balaban J connectivity index is 3.61. The predicted octanol–water partition coefficient (Wildman–Crippen LogP) is 1.57. The van der Waals surface area contributed by atoms with E-state index in [1.807, 2.05) is 13.0 Å². The maximum absolute atomic E-state index is 11.6. The summed E-state index contributed by atoms with van der Waals surface area (Å²) in [4.78, 5) is 11.6. The zero-order chi connectivity index (χ0) is 11.6. The molecular weight excluding hydrogens is 192 g/mol. The Morgan fingerprint density at radius 1 is 1.60 bits per heavy atom. The highest BCUT2D eigenvalue weighted by molar-refractivity contribution is 5.44. The van der Waals surface area contributed by atoms with Crippen molar-refractivity contribution in [3.63, 3.8) is 0 Å². The molecular formula is C11H14N2O2. The summed E-state index contributed by atoms with van der Waals surface area (Å²) in [5, 5.41) is 18.7. The van der Waals surface area contributed by atoms with E-state index >= 15 is 0 Å². The first-order chi connectivity index (χ1) is 7.02. The highest BCUT2D eigenvalue weighted by Crippen LogP contribution is 2.21. The van der Waals surface area contributed by atoms with Crippen LogP contribution in [0.15, 0.2) is 10.9 Å². The Hall–Kier alpha value is -1.76. The van der Waals surface area contributed by atoms with Gasteiger partial charge >= 0.3 is 0 Å². The second-order valence-electron chi connectivity index (χ2n) is 3.64. The Morgan fingerprint density at radius 3 is 2.60 bits per heavy atom. The van der Waals surface area contributed by atoms with Gasteiger partial charge in [-0.15, -0.1) is 0 Å². The normalized spacial score (nSPS) is 10.3. The zero-order valence-electron chi connectivity index (χ0n) is 9.11. The Morgan fingerprint density at radius 2 is 2.20 bits per heavy atom. The molecule has 1 aromatic rings. The van der Waals surface area contributed by atoms with Gasteiger partial charge in [-0.05, 0) is 25.8 Å². The molecule has 15 heavy (non-hydrogen) atoms. The van der Waals surface area contributed by atoms with E-state index in [9.17, 15) is 9.90 Å². The predicted molar refractivity (Wildman–Crippen MR) is 56.8 cm³/mol. The molecule has 4 heteroatoms. The van der Waals surface area contributed by atoms with Crippen molar-refractivity contribution < 1.29 is 5.11 Å². The van der Waals surface area contributed by atoms with Gasteiger partial charge in [0.05, 0.1) is 0 Å². The SMILES string of the molecule is CCc1cc(=O)n(C(C)C)c(O)c1C#N. The third kappa shape index (κ3) is 1.86. The summed E-state index contributed by atoms with van der Waals surface area (Å²) in [5.74, 6) is -0.225. The minimum absolute atomic E-state index is 0.157. The van der Waals surface area contributed by atoms with Crippen molar-refractivity contribution >= 4 is 0 Å².